The Kier molecular flexibility index (Phi) is 6.46. The molecule has 4 nitrogen and oxygen atoms in total. The maximum absolute atomic E-state index is 10.7. The fourth-order valence-corrected chi connectivity index (χ4v) is 4.55. The van der Waals surface area contributed by atoms with Crippen molar-refractivity contribution in [3.63, 3.8) is 0 Å². The molecule has 1 fully saturated rings. The third-order valence-corrected chi connectivity index (χ3v) is 6.34. The number of hydrogen-bond acceptors (Lipinski definition) is 3. The topological polar surface area (TPSA) is 49.8 Å². The average Bonchev–Trinajstić information content (AvgIpc) is 2.61. The van der Waals surface area contributed by atoms with Gasteiger partial charge in [0.1, 0.15) is 5.75 Å². The van der Waals surface area contributed by atoms with Crippen molar-refractivity contribution in [3.8, 4) is 5.75 Å². The van der Waals surface area contributed by atoms with Crippen molar-refractivity contribution in [1.82, 2.24) is 4.90 Å². The van der Waals surface area contributed by atoms with Gasteiger partial charge in [-0.05, 0) is 79.7 Å². The van der Waals surface area contributed by atoms with E-state index >= 15 is 0 Å². The molecule has 27 heavy (non-hydrogen) atoms. The number of aliphatic carboxylic acids is 1. The predicted molar refractivity (Wildman–Crippen MR) is 108 cm³/mol. The first-order chi connectivity index (χ1) is 12.8. The summed E-state index contributed by atoms with van der Waals surface area (Å²) in [5.41, 5.74) is 3.17. The third-order valence-electron chi connectivity index (χ3n) is 6.34. The van der Waals surface area contributed by atoms with Gasteiger partial charge >= 0.3 is 5.97 Å². The third kappa shape index (κ3) is 5.71. The van der Waals surface area contributed by atoms with Crippen molar-refractivity contribution in [2.75, 3.05) is 13.1 Å². The lowest BCUT2D eigenvalue weighted by atomic mass is 9.72. The zero-order valence-electron chi connectivity index (χ0n) is 17.2. The van der Waals surface area contributed by atoms with E-state index < -0.39 is 5.97 Å². The Morgan fingerprint density at radius 3 is 2.59 bits per heavy atom. The minimum Gasteiger partial charge on any atom is -0.490 e. The number of fused-ring (bicyclic) bond motifs is 1. The van der Waals surface area contributed by atoms with E-state index in [9.17, 15) is 4.79 Å². The number of benzene rings is 1. The molecule has 3 rings (SSSR count). The standard InChI is InChI=1S/C23H35NO3/c1-23(2,3)19-7-10-20(11-8-19)27-21-9-6-18-16-24(13-4-5-22(25)26)14-12-17(18)15-21/h6,9,15,19-20H,4-5,7-8,10-14,16H2,1-3H3,(H,25,26). The van der Waals surface area contributed by atoms with Crippen molar-refractivity contribution in [2.24, 2.45) is 11.3 Å². The summed E-state index contributed by atoms with van der Waals surface area (Å²) in [6.45, 7) is 9.85. The fraction of sp³-hybridized carbons (Fsp3) is 0.696. The van der Waals surface area contributed by atoms with Gasteiger partial charge in [-0.25, -0.2) is 0 Å². The number of rotatable bonds is 6. The van der Waals surface area contributed by atoms with Crippen LogP contribution in [0.3, 0.4) is 0 Å². The number of hydrogen-bond donors (Lipinski definition) is 1. The van der Waals surface area contributed by atoms with Crippen molar-refractivity contribution >= 4 is 5.97 Å². The fourth-order valence-electron chi connectivity index (χ4n) is 4.55. The van der Waals surface area contributed by atoms with E-state index in [0.29, 0.717) is 11.5 Å². The number of nitrogens with zero attached hydrogens (tertiary/aromatic N) is 1. The molecule has 0 radical (unpaired) electrons. The van der Waals surface area contributed by atoms with Crippen LogP contribution in [-0.2, 0) is 17.8 Å². The number of ether oxygens (including phenoxy) is 1. The first kappa shape index (κ1) is 20.2. The lowest BCUT2D eigenvalue weighted by Crippen LogP contribution is -2.32. The van der Waals surface area contributed by atoms with Crippen molar-refractivity contribution in [1.29, 1.82) is 0 Å². The second kappa shape index (κ2) is 8.64. The summed E-state index contributed by atoms with van der Waals surface area (Å²) < 4.78 is 6.32. The molecule has 0 unspecified atom stereocenters. The summed E-state index contributed by atoms with van der Waals surface area (Å²) >= 11 is 0. The van der Waals surface area contributed by atoms with E-state index in [1.165, 1.54) is 24.0 Å². The number of carbonyl (C=O) groups is 1. The number of carboxylic acids is 1. The summed E-state index contributed by atoms with van der Waals surface area (Å²) in [5, 5.41) is 8.79. The molecule has 0 bridgehead atoms. The minimum absolute atomic E-state index is 0.258. The van der Waals surface area contributed by atoms with Crippen LogP contribution in [0.2, 0.25) is 0 Å². The van der Waals surface area contributed by atoms with E-state index in [-0.39, 0.29) is 6.42 Å². The molecule has 2 aliphatic rings. The highest BCUT2D eigenvalue weighted by Gasteiger charge is 2.30. The molecule has 0 amide bonds. The van der Waals surface area contributed by atoms with Crippen LogP contribution in [0.4, 0.5) is 0 Å². The molecular formula is C23H35NO3. The predicted octanol–water partition coefficient (Wildman–Crippen LogP) is 4.89. The zero-order chi connectivity index (χ0) is 19.4. The monoisotopic (exact) mass is 373 g/mol. The Morgan fingerprint density at radius 2 is 1.93 bits per heavy atom. The van der Waals surface area contributed by atoms with Gasteiger partial charge in [-0.3, -0.25) is 9.69 Å². The van der Waals surface area contributed by atoms with Crippen LogP contribution in [-0.4, -0.2) is 35.2 Å². The molecule has 1 saturated carbocycles. The van der Waals surface area contributed by atoms with Crippen molar-refractivity contribution < 1.29 is 14.6 Å². The molecule has 1 heterocycles. The van der Waals surface area contributed by atoms with E-state index in [0.717, 1.165) is 57.0 Å². The van der Waals surface area contributed by atoms with Gasteiger partial charge in [0.2, 0.25) is 0 Å². The minimum atomic E-state index is -0.703. The van der Waals surface area contributed by atoms with E-state index in [1.807, 2.05) is 0 Å². The Bertz CT molecular complexity index is 642. The highest BCUT2D eigenvalue weighted by Crippen LogP contribution is 2.39. The second-order valence-corrected chi connectivity index (χ2v) is 9.41. The molecule has 0 atom stereocenters. The van der Waals surface area contributed by atoms with Crippen LogP contribution < -0.4 is 4.74 Å². The molecule has 150 valence electrons. The second-order valence-electron chi connectivity index (χ2n) is 9.41. The van der Waals surface area contributed by atoms with Gasteiger partial charge in [-0.2, -0.15) is 0 Å². The lowest BCUT2D eigenvalue weighted by Gasteiger charge is -2.37. The molecular weight excluding hydrogens is 338 g/mol. The molecule has 1 aromatic carbocycles. The first-order valence-corrected chi connectivity index (χ1v) is 10.5. The summed E-state index contributed by atoms with van der Waals surface area (Å²) in [6.07, 6.45) is 7.23. The maximum Gasteiger partial charge on any atom is 0.303 e. The molecule has 4 heteroatoms. The first-order valence-electron chi connectivity index (χ1n) is 10.5. The zero-order valence-corrected chi connectivity index (χ0v) is 17.2. The van der Waals surface area contributed by atoms with Crippen molar-refractivity contribution in [3.05, 3.63) is 29.3 Å². The van der Waals surface area contributed by atoms with Crippen LogP contribution in [0, 0.1) is 11.3 Å². The quantitative estimate of drug-likeness (QED) is 0.771. The van der Waals surface area contributed by atoms with Gasteiger partial charge in [-0.15, -0.1) is 0 Å². The largest absolute Gasteiger partial charge is 0.490 e. The molecule has 0 saturated heterocycles. The molecule has 1 aliphatic heterocycles. The molecule has 1 aliphatic carbocycles. The van der Waals surface area contributed by atoms with Gasteiger partial charge in [0.15, 0.2) is 0 Å². The SMILES string of the molecule is CC(C)(C)C1CCC(Oc2ccc3c(c2)CCN(CCCC(=O)O)C3)CC1. The summed E-state index contributed by atoms with van der Waals surface area (Å²) in [7, 11) is 0. The lowest BCUT2D eigenvalue weighted by molar-refractivity contribution is -0.137. The highest BCUT2D eigenvalue weighted by molar-refractivity contribution is 5.66. The number of carboxylic acid groups (broad SMARTS) is 1. The highest BCUT2D eigenvalue weighted by atomic mass is 16.5. The van der Waals surface area contributed by atoms with Gasteiger partial charge in [-0.1, -0.05) is 26.8 Å². The van der Waals surface area contributed by atoms with Crippen LogP contribution in [0.25, 0.3) is 0 Å². The normalized spacial score (nSPS) is 23.7. The van der Waals surface area contributed by atoms with E-state index in [1.54, 1.807) is 0 Å². The van der Waals surface area contributed by atoms with E-state index in [4.69, 9.17) is 9.84 Å². The van der Waals surface area contributed by atoms with Crippen LogP contribution in [0.1, 0.15) is 70.4 Å². The smallest absolute Gasteiger partial charge is 0.303 e. The molecule has 0 spiro atoms. The summed E-state index contributed by atoms with van der Waals surface area (Å²) in [4.78, 5) is 13.0. The molecule has 0 aromatic heterocycles. The Hall–Kier alpha value is -1.55. The average molecular weight is 374 g/mol. The van der Waals surface area contributed by atoms with Crippen LogP contribution >= 0.6 is 0 Å². The van der Waals surface area contributed by atoms with Gasteiger partial charge in [0, 0.05) is 19.5 Å². The van der Waals surface area contributed by atoms with Gasteiger partial charge in [0.25, 0.3) is 0 Å². The maximum atomic E-state index is 10.7. The summed E-state index contributed by atoms with van der Waals surface area (Å²) in [6, 6.07) is 6.56. The van der Waals surface area contributed by atoms with E-state index in [2.05, 4.69) is 43.9 Å². The summed E-state index contributed by atoms with van der Waals surface area (Å²) in [5.74, 6) is 1.13. The van der Waals surface area contributed by atoms with Crippen molar-refractivity contribution in [2.45, 2.75) is 78.4 Å². The van der Waals surface area contributed by atoms with Crippen LogP contribution in [0.5, 0.6) is 5.75 Å². The molecule has 1 N–H and O–H groups in total. The van der Waals surface area contributed by atoms with Gasteiger partial charge < -0.3 is 9.84 Å². The van der Waals surface area contributed by atoms with Gasteiger partial charge in [0.05, 0.1) is 6.10 Å². The molecule has 1 aromatic rings. The Balaban J connectivity index is 1.50. The van der Waals surface area contributed by atoms with Crippen LogP contribution in [0.15, 0.2) is 18.2 Å². The Morgan fingerprint density at radius 1 is 1.19 bits per heavy atom. The Labute approximate surface area is 163 Å².